The first-order chi connectivity index (χ1) is 10.3. The Labute approximate surface area is 135 Å². The van der Waals surface area contributed by atoms with E-state index in [2.05, 4.69) is 51.4 Å². The van der Waals surface area contributed by atoms with E-state index in [0.717, 1.165) is 22.5 Å². The fourth-order valence-corrected chi connectivity index (χ4v) is 3.86. The van der Waals surface area contributed by atoms with Crippen LogP contribution in [0.15, 0.2) is 34.9 Å². The summed E-state index contributed by atoms with van der Waals surface area (Å²) in [5.74, 6) is 0.841. The SMILES string of the molecule is C[C@@H](NCc1ccc(Br)c2cccnc12)C1CCCCC1. The van der Waals surface area contributed by atoms with E-state index in [1.165, 1.54) is 43.1 Å². The van der Waals surface area contributed by atoms with E-state index < -0.39 is 0 Å². The van der Waals surface area contributed by atoms with Crippen LogP contribution in [0, 0.1) is 5.92 Å². The molecule has 1 aliphatic carbocycles. The summed E-state index contributed by atoms with van der Waals surface area (Å²) in [6.45, 7) is 3.24. The second-order valence-corrected chi connectivity index (χ2v) is 7.03. The molecule has 2 aromatic rings. The molecule has 0 bridgehead atoms. The maximum atomic E-state index is 4.56. The van der Waals surface area contributed by atoms with E-state index in [9.17, 15) is 0 Å². The fraction of sp³-hybridized carbons (Fsp3) is 0.500. The Kier molecular flexibility index (Phi) is 4.91. The fourth-order valence-electron chi connectivity index (χ4n) is 3.41. The molecule has 1 N–H and O–H groups in total. The molecular formula is C18H23BrN2. The zero-order chi connectivity index (χ0) is 14.7. The highest BCUT2D eigenvalue weighted by Crippen LogP contribution is 2.28. The van der Waals surface area contributed by atoms with Gasteiger partial charge in [0.05, 0.1) is 5.52 Å². The molecule has 1 aromatic carbocycles. The van der Waals surface area contributed by atoms with Gasteiger partial charge in [-0.1, -0.05) is 47.3 Å². The quantitative estimate of drug-likeness (QED) is 0.837. The lowest BCUT2D eigenvalue weighted by molar-refractivity contribution is 0.281. The number of nitrogens with one attached hydrogen (secondary N) is 1. The second-order valence-electron chi connectivity index (χ2n) is 6.17. The number of nitrogens with zero attached hydrogens (tertiary/aromatic N) is 1. The Balaban J connectivity index is 1.72. The van der Waals surface area contributed by atoms with Gasteiger partial charge in [0.15, 0.2) is 0 Å². The average Bonchev–Trinajstić information content (AvgIpc) is 2.55. The molecule has 2 nitrogen and oxygen atoms in total. The first-order valence-electron chi connectivity index (χ1n) is 8.01. The Hall–Kier alpha value is -0.930. The highest BCUT2D eigenvalue weighted by atomic mass is 79.9. The van der Waals surface area contributed by atoms with E-state index >= 15 is 0 Å². The molecule has 0 aliphatic heterocycles. The molecule has 0 radical (unpaired) electrons. The van der Waals surface area contributed by atoms with Crippen molar-refractivity contribution in [3.05, 3.63) is 40.5 Å². The molecule has 112 valence electrons. The lowest BCUT2D eigenvalue weighted by atomic mass is 9.84. The third-order valence-electron chi connectivity index (χ3n) is 4.77. The molecule has 0 spiro atoms. The minimum atomic E-state index is 0.590. The van der Waals surface area contributed by atoms with Gasteiger partial charge in [-0.3, -0.25) is 4.98 Å². The first-order valence-corrected chi connectivity index (χ1v) is 8.80. The van der Waals surface area contributed by atoms with Crippen LogP contribution in [0.5, 0.6) is 0 Å². The Morgan fingerprint density at radius 2 is 2.05 bits per heavy atom. The van der Waals surface area contributed by atoms with Crippen LogP contribution in [0.3, 0.4) is 0 Å². The molecule has 0 amide bonds. The number of aromatic nitrogens is 1. The summed E-state index contributed by atoms with van der Waals surface area (Å²) in [6, 6.07) is 9.02. The van der Waals surface area contributed by atoms with Gasteiger partial charge < -0.3 is 5.32 Å². The van der Waals surface area contributed by atoms with Crippen LogP contribution in [0.1, 0.15) is 44.6 Å². The van der Waals surface area contributed by atoms with E-state index in [1.54, 1.807) is 0 Å². The van der Waals surface area contributed by atoms with Crippen molar-refractivity contribution in [1.29, 1.82) is 0 Å². The number of fused-ring (bicyclic) bond motifs is 1. The molecule has 1 atom stereocenters. The number of benzene rings is 1. The van der Waals surface area contributed by atoms with Crippen LogP contribution in [0.2, 0.25) is 0 Å². The molecule has 1 heterocycles. The lowest BCUT2D eigenvalue weighted by Crippen LogP contribution is -2.34. The number of rotatable bonds is 4. The van der Waals surface area contributed by atoms with Gasteiger partial charge in [0.1, 0.15) is 0 Å². The van der Waals surface area contributed by atoms with Crippen molar-refractivity contribution in [3.63, 3.8) is 0 Å². The predicted octanol–water partition coefficient (Wildman–Crippen LogP) is 5.06. The molecule has 0 saturated heterocycles. The zero-order valence-corrected chi connectivity index (χ0v) is 14.2. The average molecular weight is 347 g/mol. The highest BCUT2D eigenvalue weighted by Gasteiger charge is 2.19. The zero-order valence-electron chi connectivity index (χ0n) is 12.6. The topological polar surface area (TPSA) is 24.9 Å². The van der Waals surface area contributed by atoms with E-state index in [-0.39, 0.29) is 0 Å². The van der Waals surface area contributed by atoms with Crippen molar-refractivity contribution >= 4 is 26.8 Å². The summed E-state index contributed by atoms with van der Waals surface area (Å²) >= 11 is 3.61. The van der Waals surface area contributed by atoms with Crippen molar-refractivity contribution < 1.29 is 0 Å². The largest absolute Gasteiger partial charge is 0.310 e. The third-order valence-corrected chi connectivity index (χ3v) is 5.46. The summed E-state index contributed by atoms with van der Waals surface area (Å²) < 4.78 is 1.12. The molecule has 3 rings (SSSR count). The van der Waals surface area contributed by atoms with Gasteiger partial charge in [0.2, 0.25) is 0 Å². The normalized spacial score (nSPS) is 18.0. The molecule has 1 fully saturated rings. The van der Waals surface area contributed by atoms with Gasteiger partial charge in [-0.2, -0.15) is 0 Å². The van der Waals surface area contributed by atoms with E-state index in [4.69, 9.17) is 0 Å². The number of hydrogen-bond donors (Lipinski definition) is 1. The van der Waals surface area contributed by atoms with Crippen LogP contribution in [-0.4, -0.2) is 11.0 Å². The maximum absolute atomic E-state index is 4.56. The smallest absolute Gasteiger partial charge is 0.0758 e. The summed E-state index contributed by atoms with van der Waals surface area (Å²) in [6.07, 6.45) is 8.87. The first kappa shape index (κ1) is 15.0. The van der Waals surface area contributed by atoms with Crippen LogP contribution >= 0.6 is 15.9 Å². The van der Waals surface area contributed by atoms with Gasteiger partial charge in [-0.25, -0.2) is 0 Å². The maximum Gasteiger partial charge on any atom is 0.0758 e. The Morgan fingerprint density at radius 1 is 1.24 bits per heavy atom. The van der Waals surface area contributed by atoms with Gasteiger partial charge in [0, 0.05) is 28.6 Å². The van der Waals surface area contributed by atoms with Crippen molar-refractivity contribution in [2.24, 2.45) is 5.92 Å². The molecule has 1 saturated carbocycles. The van der Waals surface area contributed by atoms with Crippen LogP contribution < -0.4 is 5.32 Å². The van der Waals surface area contributed by atoms with Gasteiger partial charge in [-0.05, 0) is 43.4 Å². The number of hydrogen-bond acceptors (Lipinski definition) is 2. The molecule has 21 heavy (non-hydrogen) atoms. The minimum Gasteiger partial charge on any atom is -0.310 e. The summed E-state index contributed by atoms with van der Waals surface area (Å²) in [5.41, 5.74) is 2.40. The van der Waals surface area contributed by atoms with E-state index in [0.29, 0.717) is 6.04 Å². The third kappa shape index (κ3) is 3.46. The van der Waals surface area contributed by atoms with E-state index in [1.807, 2.05) is 12.3 Å². The van der Waals surface area contributed by atoms with Crippen molar-refractivity contribution in [2.75, 3.05) is 0 Å². The van der Waals surface area contributed by atoms with Crippen LogP contribution in [0.25, 0.3) is 10.9 Å². The van der Waals surface area contributed by atoms with Crippen molar-refractivity contribution in [2.45, 2.75) is 51.6 Å². The molecule has 1 aliphatic rings. The van der Waals surface area contributed by atoms with Crippen LogP contribution in [0.4, 0.5) is 0 Å². The minimum absolute atomic E-state index is 0.590. The molecular weight excluding hydrogens is 324 g/mol. The van der Waals surface area contributed by atoms with Gasteiger partial charge >= 0.3 is 0 Å². The molecule has 3 heteroatoms. The Morgan fingerprint density at radius 3 is 2.86 bits per heavy atom. The Bertz CT molecular complexity index is 605. The summed E-state index contributed by atoms with van der Waals surface area (Å²) in [7, 11) is 0. The molecule has 0 unspecified atom stereocenters. The lowest BCUT2D eigenvalue weighted by Gasteiger charge is -2.28. The summed E-state index contributed by atoms with van der Waals surface area (Å²) in [5, 5.41) is 4.92. The predicted molar refractivity (Wildman–Crippen MR) is 92.3 cm³/mol. The van der Waals surface area contributed by atoms with Crippen molar-refractivity contribution in [3.8, 4) is 0 Å². The van der Waals surface area contributed by atoms with Gasteiger partial charge in [0.25, 0.3) is 0 Å². The standard InChI is InChI=1S/C18H23BrN2/c1-13(14-6-3-2-4-7-14)21-12-15-9-10-17(19)16-8-5-11-20-18(15)16/h5,8-11,13-14,21H,2-4,6-7,12H2,1H3/t13-/m1/s1. The number of pyridine rings is 1. The second kappa shape index (κ2) is 6.89. The molecule has 1 aromatic heterocycles. The monoisotopic (exact) mass is 346 g/mol. The number of halogens is 1. The van der Waals surface area contributed by atoms with Crippen LogP contribution in [-0.2, 0) is 6.54 Å². The van der Waals surface area contributed by atoms with Gasteiger partial charge in [-0.15, -0.1) is 0 Å². The van der Waals surface area contributed by atoms with Crippen molar-refractivity contribution in [1.82, 2.24) is 10.3 Å². The summed E-state index contributed by atoms with van der Waals surface area (Å²) in [4.78, 5) is 4.56. The highest BCUT2D eigenvalue weighted by molar-refractivity contribution is 9.10.